The van der Waals surface area contributed by atoms with Crippen LogP contribution in [0, 0.1) is 6.92 Å². The molecule has 1 aliphatic heterocycles. The number of nitrogens with zero attached hydrogens (tertiary/aromatic N) is 4. The summed E-state index contributed by atoms with van der Waals surface area (Å²) in [5.41, 5.74) is 7.76. The van der Waals surface area contributed by atoms with Crippen LogP contribution in [0.15, 0.2) is 51.2 Å². The lowest BCUT2D eigenvalue weighted by molar-refractivity contribution is -0.0363. The van der Waals surface area contributed by atoms with Gasteiger partial charge in [-0.15, -0.1) is 0 Å². The molecule has 1 aromatic carbocycles. The van der Waals surface area contributed by atoms with Gasteiger partial charge in [-0.05, 0) is 24.6 Å². The molecule has 0 saturated carbocycles. The fourth-order valence-electron chi connectivity index (χ4n) is 2.76. The van der Waals surface area contributed by atoms with Gasteiger partial charge < -0.3 is 9.47 Å². The number of benzene rings is 1. The van der Waals surface area contributed by atoms with E-state index in [4.69, 9.17) is 16.4 Å². The number of carbonyl (C=O) groups excluding carboxylic acids is 1. The highest BCUT2D eigenvalue weighted by molar-refractivity contribution is 5.89. The second-order valence-electron chi connectivity index (χ2n) is 5.97. The molecule has 0 aliphatic carbocycles. The summed E-state index contributed by atoms with van der Waals surface area (Å²) in [4.78, 5) is 40.8. The Labute approximate surface area is 154 Å². The van der Waals surface area contributed by atoms with E-state index in [0.29, 0.717) is 5.56 Å². The molecule has 0 amide bonds. The maximum atomic E-state index is 12.1. The molecule has 1 aromatic heterocycles. The zero-order valence-electron chi connectivity index (χ0n) is 15.4. The number of nitrogens with one attached hydrogen (secondary N) is 1. The predicted octanol–water partition coefficient (Wildman–Crippen LogP) is 1.67. The summed E-state index contributed by atoms with van der Waals surface area (Å²) in [7, 11) is 0. The molecule has 1 N–H and O–H groups in total. The Morgan fingerprint density at radius 1 is 1.48 bits per heavy atom. The van der Waals surface area contributed by atoms with E-state index in [2.05, 4.69) is 15.0 Å². The molecule has 3 rings (SSSR count). The average molecular weight is 373 g/mol. The number of aromatic amines is 1. The Balaban J connectivity index is 1.79. The number of H-pyrrole nitrogens is 1. The van der Waals surface area contributed by atoms with E-state index in [9.17, 15) is 14.4 Å². The van der Waals surface area contributed by atoms with Crippen molar-refractivity contribution in [1.82, 2.24) is 9.55 Å². The molecule has 10 nitrogen and oxygen atoms in total. The van der Waals surface area contributed by atoms with Crippen LogP contribution in [0.5, 0.6) is 0 Å². The van der Waals surface area contributed by atoms with Crippen LogP contribution in [0.25, 0.3) is 10.4 Å². The van der Waals surface area contributed by atoms with Crippen molar-refractivity contribution in [2.24, 2.45) is 5.11 Å². The van der Waals surface area contributed by atoms with Crippen LogP contribution in [0.1, 0.15) is 29.9 Å². The third kappa shape index (κ3) is 4.08. The van der Waals surface area contributed by atoms with Crippen molar-refractivity contribution in [3.63, 3.8) is 0 Å². The van der Waals surface area contributed by atoms with Crippen LogP contribution in [0.4, 0.5) is 0 Å². The van der Waals surface area contributed by atoms with Gasteiger partial charge in [0.05, 0.1) is 13.0 Å². The van der Waals surface area contributed by atoms with Gasteiger partial charge >= 0.3 is 11.7 Å². The smallest absolute Gasteiger partial charge is 0.338 e. The highest BCUT2D eigenvalue weighted by Gasteiger charge is 2.37. The Hall–Kier alpha value is -3.36. The summed E-state index contributed by atoms with van der Waals surface area (Å²) in [5, 5.41) is 3.65. The van der Waals surface area contributed by atoms with E-state index in [1.807, 2.05) is 0 Å². The minimum Gasteiger partial charge on any atom is -0.459 e. The van der Waals surface area contributed by atoms with Gasteiger partial charge in [-0.2, -0.15) is 0 Å². The van der Waals surface area contributed by atoms with Crippen molar-refractivity contribution >= 4 is 5.97 Å². The van der Waals surface area contributed by atoms with Crippen LogP contribution in [0.3, 0.4) is 0 Å². The van der Waals surface area contributed by atoms with Gasteiger partial charge in [-0.1, -0.05) is 23.3 Å². The molecule has 3 atom stereocenters. The Morgan fingerprint density at radius 2 is 2.22 bits per heavy atom. The number of aromatic nitrogens is 2. The van der Waals surface area contributed by atoms with Gasteiger partial charge in [0.2, 0.25) is 0 Å². The molecule has 140 valence electrons. The molecule has 10 heteroatoms. The molecule has 0 radical (unpaired) electrons. The highest BCUT2D eigenvalue weighted by atomic mass is 16.6. The molecular formula is C17H17N5O5. The topological polar surface area (TPSA) is 139 Å². The molecule has 27 heavy (non-hydrogen) atoms. The van der Waals surface area contributed by atoms with E-state index < -0.39 is 35.6 Å². The van der Waals surface area contributed by atoms with Gasteiger partial charge in [-0.3, -0.25) is 14.3 Å². The molecule has 1 saturated heterocycles. The molecule has 1 aliphatic rings. The number of azide groups is 1. The van der Waals surface area contributed by atoms with E-state index in [1.54, 1.807) is 30.3 Å². The lowest BCUT2D eigenvalue weighted by atomic mass is 10.1. The van der Waals surface area contributed by atoms with E-state index in [1.165, 1.54) is 6.92 Å². The van der Waals surface area contributed by atoms with Crippen molar-refractivity contribution in [3.05, 3.63) is 78.9 Å². The number of esters is 1. The Morgan fingerprint density at radius 3 is 2.93 bits per heavy atom. The molecule has 1 fully saturated rings. The minimum atomic E-state index is -0.938. The van der Waals surface area contributed by atoms with Crippen LogP contribution < -0.4 is 11.2 Å². The number of ether oxygens (including phenoxy) is 2. The summed E-state index contributed by atoms with van der Waals surface area (Å²) >= 11 is 0. The first kappa shape index (κ1) is 17.1. The molecule has 0 spiro atoms. The molecule has 0 unspecified atom stereocenters. The summed E-state index contributed by atoms with van der Waals surface area (Å²) in [6.45, 7) is 1.22. The van der Waals surface area contributed by atoms with Gasteiger partial charge in [0, 0.05) is 23.1 Å². The molecule has 2 aromatic rings. The largest absolute Gasteiger partial charge is 0.459 e. The Kier molecular flexibility index (Phi) is 4.99. The van der Waals surface area contributed by atoms with Crippen molar-refractivity contribution < 1.29 is 15.6 Å². The number of carbonyl (C=O) groups is 1. The summed E-state index contributed by atoms with van der Waals surface area (Å²) in [5.74, 6) is -0.564. The quantitative estimate of drug-likeness (QED) is 0.367. The second kappa shape index (κ2) is 7.90. The maximum absolute atomic E-state index is 12.1. The first-order chi connectivity index (χ1) is 13.4. The van der Waals surface area contributed by atoms with Gasteiger partial charge in [0.1, 0.15) is 18.9 Å². The third-order valence-corrected chi connectivity index (χ3v) is 4.15. The number of rotatable bonds is 5. The van der Waals surface area contributed by atoms with Gasteiger partial charge in [-0.25, -0.2) is 9.59 Å². The summed E-state index contributed by atoms with van der Waals surface area (Å²) in [6, 6.07) is 7.64. The van der Waals surface area contributed by atoms with Crippen molar-refractivity contribution in [2.75, 3.05) is 6.61 Å². The SMILES string of the molecule is [3H]c1c(C)c(=O)[nH]c(=O)n1[C@H]1C[C@H](N=[N+]=[N-])[C@@H](COC(=O)c2ccccc2)O1. The fraction of sp³-hybridized carbons (Fsp3) is 0.353. The number of hydrogen-bond acceptors (Lipinski definition) is 6. The predicted molar refractivity (Wildman–Crippen MR) is 94.2 cm³/mol. The number of hydrogen-bond donors (Lipinski definition) is 1. The van der Waals surface area contributed by atoms with Crippen LogP contribution in [-0.4, -0.2) is 34.3 Å². The van der Waals surface area contributed by atoms with Crippen molar-refractivity contribution in [1.29, 1.82) is 0 Å². The first-order valence-corrected chi connectivity index (χ1v) is 8.16. The van der Waals surface area contributed by atoms with E-state index >= 15 is 0 Å². The lowest BCUT2D eigenvalue weighted by Crippen LogP contribution is -2.33. The fourth-order valence-corrected chi connectivity index (χ4v) is 2.76. The van der Waals surface area contributed by atoms with Gasteiger partial charge in [0.25, 0.3) is 5.56 Å². The standard InChI is InChI=1S/C17H17N5O5/c1-10-8-22(17(25)19-15(10)23)14-7-12(20-21-18)13(27-14)9-26-16(24)11-5-3-2-4-6-11/h2-6,8,12-14H,7,9H2,1H3,(H,19,23,25)/t12-,13+,14+/m0/s1/i8T. The molecule has 2 heterocycles. The normalized spacial score (nSPS) is 22.0. The van der Waals surface area contributed by atoms with E-state index in [0.717, 1.165) is 4.57 Å². The third-order valence-electron chi connectivity index (χ3n) is 4.15. The zero-order valence-corrected chi connectivity index (χ0v) is 14.4. The van der Waals surface area contributed by atoms with Crippen LogP contribution in [-0.2, 0) is 9.47 Å². The van der Waals surface area contributed by atoms with E-state index in [-0.39, 0.29) is 24.8 Å². The first-order valence-electron chi connectivity index (χ1n) is 8.66. The summed E-state index contributed by atoms with van der Waals surface area (Å²) < 4.78 is 20.0. The lowest BCUT2D eigenvalue weighted by Gasteiger charge is -2.16. The minimum absolute atomic E-state index is 0.0579. The molecular weight excluding hydrogens is 354 g/mol. The monoisotopic (exact) mass is 373 g/mol. The second-order valence-corrected chi connectivity index (χ2v) is 5.97. The van der Waals surface area contributed by atoms with Crippen LogP contribution in [0.2, 0.25) is 0 Å². The van der Waals surface area contributed by atoms with Crippen LogP contribution >= 0.6 is 0 Å². The van der Waals surface area contributed by atoms with Crippen molar-refractivity contribution in [2.45, 2.75) is 31.7 Å². The average Bonchev–Trinajstić information content (AvgIpc) is 3.07. The zero-order chi connectivity index (χ0) is 20.3. The highest BCUT2D eigenvalue weighted by Crippen LogP contribution is 2.30. The van der Waals surface area contributed by atoms with Gasteiger partial charge in [0.15, 0.2) is 0 Å². The Bertz CT molecular complexity index is 1040. The molecule has 0 bridgehead atoms. The maximum Gasteiger partial charge on any atom is 0.338 e. The van der Waals surface area contributed by atoms with Crippen molar-refractivity contribution in [3.8, 4) is 0 Å². The summed E-state index contributed by atoms with van der Waals surface area (Å²) in [6.07, 6.45) is -1.94.